The third-order valence-corrected chi connectivity index (χ3v) is 3.60. The number of para-hydroxylation sites is 1. The Morgan fingerprint density at radius 2 is 1.90 bits per heavy atom. The van der Waals surface area contributed by atoms with Crippen LogP contribution >= 0.6 is 0 Å². The molecule has 1 aromatic rings. The van der Waals surface area contributed by atoms with Crippen LogP contribution in [-0.2, 0) is 0 Å². The van der Waals surface area contributed by atoms with Crippen molar-refractivity contribution < 1.29 is 0 Å². The molecule has 0 aliphatic rings. The molecule has 0 heterocycles. The Labute approximate surface area is 123 Å². The van der Waals surface area contributed by atoms with Crippen LogP contribution in [0, 0.1) is 11.3 Å². The van der Waals surface area contributed by atoms with Crippen LogP contribution < -0.4 is 10.2 Å². The zero-order chi connectivity index (χ0) is 14.8. The minimum atomic E-state index is -0.437. The van der Waals surface area contributed by atoms with Crippen LogP contribution in [0.2, 0.25) is 0 Å². The van der Waals surface area contributed by atoms with Gasteiger partial charge in [-0.15, -0.1) is 0 Å². The first kappa shape index (κ1) is 16.5. The van der Waals surface area contributed by atoms with E-state index >= 15 is 0 Å². The summed E-state index contributed by atoms with van der Waals surface area (Å²) in [6.45, 7) is 9.02. The fraction of sp³-hybridized carbons (Fsp3) is 0.588. The molecule has 110 valence electrons. The molecule has 0 aliphatic carbocycles. The minimum Gasteiger partial charge on any atom is -0.371 e. The first-order valence-corrected chi connectivity index (χ1v) is 7.61. The summed E-state index contributed by atoms with van der Waals surface area (Å²) < 4.78 is 0. The normalized spacial score (nSPS) is 13.5. The number of nitrogens with one attached hydrogen (secondary N) is 1. The molecule has 3 nitrogen and oxygen atoms in total. The zero-order valence-corrected chi connectivity index (χ0v) is 13.0. The molecule has 1 rings (SSSR count). The molecule has 1 atom stereocenters. The van der Waals surface area contributed by atoms with Crippen molar-refractivity contribution >= 4 is 5.69 Å². The second-order valence-electron chi connectivity index (χ2n) is 5.40. The van der Waals surface area contributed by atoms with Gasteiger partial charge in [0.25, 0.3) is 0 Å². The standard InChI is InChI=1S/C17H27N3/c1-4-6-13-20(16-10-8-7-9-11-16)14-12-17(3,15-18)19-5-2/h7-11,19H,4-6,12-14H2,1-3H3. The van der Waals surface area contributed by atoms with Gasteiger partial charge >= 0.3 is 0 Å². The Bertz CT molecular complexity index is 410. The highest BCUT2D eigenvalue weighted by Gasteiger charge is 2.23. The molecule has 1 aromatic carbocycles. The Kier molecular flexibility index (Phi) is 7.11. The molecular formula is C17H27N3. The fourth-order valence-corrected chi connectivity index (χ4v) is 2.29. The lowest BCUT2D eigenvalue weighted by molar-refractivity contribution is 0.428. The quantitative estimate of drug-likeness (QED) is 0.747. The maximum absolute atomic E-state index is 9.34. The Hall–Kier alpha value is -1.53. The summed E-state index contributed by atoms with van der Waals surface area (Å²) in [4.78, 5) is 2.39. The van der Waals surface area contributed by atoms with Crippen molar-refractivity contribution in [2.24, 2.45) is 0 Å². The zero-order valence-electron chi connectivity index (χ0n) is 13.0. The third-order valence-electron chi connectivity index (χ3n) is 3.60. The van der Waals surface area contributed by atoms with Crippen LogP contribution in [0.1, 0.15) is 40.0 Å². The van der Waals surface area contributed by atoms with Gasteiger partial charge in [-0.25, -0.2) is 0 Å². The van der Waals surface area contributed by atoms with E-state index in [1.165, 1.54) is 18.5 Å². The average molecular weight is 273 g/mol. The lowest BCUT2D eigenvalue weighted by atomic mass is 9.99. The van der Waals surface area contributed by atoms with Crippen LogP contribution in [0.15, 0.2) is 30.3 Å². The number of unbranched alkanes of at least 4 members (excludes halogenated alkanes) is 1. The molecular weight excluding hydrogens is 246 g/mol. The molecule has 0 amide bonds. The number of rotatable bonds is 9. The SMILES string of the molecule is CCCCN(CCC(C)(C#N)NCC)c1ccccc1. The highest BCUT2D eigenvalue weighted by atomic mass is 15.1. The smallest absolute Gasteiger partial charge is 0.105 e. The number of hydrogen-bond donors (Lipinski definition) is 1. The molecule has 1 N–H and O–H groups in total. The fourth-order valence-electron chi connectivity index (χ4n) is 2.29. The molecule has 0 bridgehead atoms. The average Bonchev–Trinajstić information content (AvgIpc) is 2.48. The van der Waals surface area contributed by atoms with E-state index in [0.29, 0.717) is 0 Å². The monoisotopic (exact) mass is 273 g/mol. The van der Waals surface area contributed by atoms with Gasteiger partial charge in [-0.1, -0.05) is 38.5 Å². The summed E-state index contributed by atoms with van der Waals surface area (Å²) in [6, 6.07) is 12.9. The third kappa shape index (κ3) is 5.22. The van der Waals surface area contributed by atoms with E-state index in [0.717, 1.165) is 26.1 Å². The number of hydrogen-bond acceptors (Lipinski definition) is 3. The van der Waals surface area contributed by atoms with Crippen LogP contribution in [-0.4, -0.2) is 25.2 Å². The van der Waals surface area contributed by atoms with E-state index in [-0.39, 0.29) is 0 Å². The first-order valence-electron chi connectivity index (χ1n) is 7.61. The molecule has 1 unspecified atom stereocenters. The van der Waals surface area contributed by atoms with Gasteiger partial charge in [0.1, 0.15) is 5.54 Å². The Morgan fingerprint density at radius 3 is 2.45 bits per heavy atom. The topological polar surface area (TPSA) is 39.1 Å². The van der Waals surface area contributed by atoms with E-state index in [1.54, 1.807) is 0 Å². The van der Waals surface area contributed by atoms with Crippen LogP contribution in [0.5, 0.6) is 0 Å². The van der Waals surface area contributed by atoms with E-state index < -0.39 is 5.54 Å². The van der Waals surface area contributed by atoms with Gasteiger partial charge in [-0.05, 0) is 38.4 Å². The van der Waals surface area contributed by atoms with Gasteiger partial charge in [-0.2, -0.15) is 5.26 Å². The predicted octanol–water partition coefficient (Wildman–Crippen LogP) is 3.57. The summed E-state index contributed by atoms with van der Waals surface area (Å²) in [5.41, 5.74) is 0.811. The Morgan fingerprint density at radius 1 is 1.20 bits per heavy atom. The maximum atomic E-state index is 9.34. The largest absolute Gasteiger partial charge is 0.371 e. The van der Waals surface area contributed by atoms with Gasteiger partial charge in [0.2, 0.25) is 0 Å². The van der Waals surface area contributed by atoms with Crippen molar-refractivity contribution in [1.29, 1.82) is 5.26 Å². The second kappa shape index (κ2) is 8.60. The summed E-state index contributed by atoms with van der Waals surface area (Å²) in [5, 5.41) is 12.6. The lowest BCUT2D eigenvalue weighted by Gasteiger charge is -2.29. The molecule has 0 saturated carbocycles. The summed E-state index contributed by atoms with van der Waals surface area (Å²) >= 11 is 0. The molecule has 0 radical (unpaired) electrons. The van der Waals surface area contributed by atoms with Crippen molar-refractivity contribution in [3.8, 4) is 6.07 Å². The molecule has 0 spiro atoms. The molecule has 3 heteroatoms. The molecule has 0 aromatic heterocycles. The van der Waals surface area contributed by atoms with Gasteiger partial charge in [0.15, 0.2) is 0 Å². The summed E-state index contributed by atoms with van der Waals surface area (Å²) in [5.74, 6) is 0. The number of benzene rings is 1. The molecule has 20 heavy (non-hydrogen) atoms. The van der Waals surface area contributed by atoms with Crippen molar-refractivity contribution in [2.45, 2.75) is 45.6 Å². The maximum Gasteiger partial charge on any atom is 0.105 e. The van der Waals surface area contributed by atoms with Gasteiger partial charge in [0, 0.05) is 18.8 Å². The number of anilines is 1. The van der Waals surface area contributed by atoms with Crippen molar-refractivity contribution in [3.63, 3.8) is 0 Å². The predicted molar refractivity (Wildman–Crippen MR) is 85.9 cm³/mol. The Balaban J connectivity index is 2.68. The molecule has 0 aliphatic heterocycles. The van der Waals surface area contributed by atoms with E-state index in [9.17, 15) is 5.26 Å². The second-order valence-corrected chi connectivity index (χ2v) is 5.40. The van der Waals surface area contributed by atoms with Gasteiger partial charge < -0.3 is 4.90 Å². The molecule has 0 saturated heterocycles. The van der Waals surface area contributed by atoms with Crippen LogP contribution in [0.4, 0.5) is 5.69 Å². The van der Waals surface area contributed by atoms with Gasteiger partial charge in [0.05, 0.1) is 6.07 Å². The van der Waals surface area contributed by atoms with Gasteiger partial charge in [-0.3, -0.25) is 5.32 Å². The first-order chi connectivity index (χ1) is 9.65. The summed E-state index contributed by atoms with van der Waals surface area (Å²) in [6.07, 6.45) is 3.20. The number of nitrogens with zero attached hydrogens (tertiary/aromatic N) is 2. The van der Waals surface area contributed by atoms with Crippen molar-refractivity contribution in [3.05, 3.63) is 30.3 Å². The highest BCUT2D eigenvalue weighted by molar-refractivity contribution is 5.45. The van der Waals surface area contributed by atoms with Crippen molar-refractivity contribution in [1.82, 2.24) is 5.32 Å². The minimum absolute atomic E-state index is 0.437. The van der Waals surface area contributed by atoms with E-state index in [1.807, 2.05) is 19.9 Å². The number of nitriles is 1. The van der Waals surface area contributed by atoms with Crippen molar-refractivity contribution in [2.75, 3.05) is 24.5 Å². The molecule has 0 fully saturated rings. The van der Waals surface area contributed by atoms with Crippen LogP contribution in [0.25, 0.3) is 0 Å². The lowest BCUT2D eigenvalue weighted by Crippen LogP contribution is -2.44. The van der Waals surface area contributed by atoms with E-state index in [2.05, 4.69) is 47.5 Å². The highest BCUT2D eigenvalue weighted by Crippen LogP contribution is 2.17. The van der Waals surface area contributed by atoms with Crippen LogP contribution in [0.3, 0.4) is 0 Å². The van der Waals surface area contributed by atoms with E-state index in [4.69, 9.17) is 0 Å². The summed E-state index contributed by atoms with van der Waals surface area (Å²) in [7, 11) is 0.